The maximum Gasteiger partial charge on any atom is 0.407 e. The van der Waals surface area contributed by atoms with Crippen LogP contribution in [0.4, 0.5) is 4.79 Å². The largest absolute Gasteiger partial charge is 0.481 e. The minimum absolute atomic E-state index is 0.0494. The molecule has 1 saturated carbocycles. The van der Waals surface area contributed by atoms with Gasteiger partial charge in [-0.3, -0.25) is 9.59 Å². The Morgan fingerprint density at radius 1 is 1.00 bits per heavy atom. The summed E-state index contributed by atoms with van der Waals surface area (Å²) in [5.41, 5.74) is 4.57. The van der Waals surface area contributed by atoms with Crippen LogP contribution in [0.2, 0.25) is 0 Å². The predicted molar refractivity (Wildman–Crippen MR) is 126 cm³/mol. The number of fused-ring (bicyclic) bond motifs is 3. The Morgan fingerprint density at radius 2 is 1.65 bits per heavy atom. The average Bonchev–Trinajstić information content (AvgIpc) is 3.64. The van der Waals surface area contributed by atoms with Gasteiger partial charge in [0.25, 0.3) is 0 Å². The van der Waals surface area contributed by atoms with Crippen molar-refractivity contribution in [2.45, 2.75) is 43.7 Å². The Morgan fingerprint density at radius 3 is 2.26 bits per heavy atom. The van der Waals surface area contributed by atoms with Crippen molar-refractivity contribution in [3.05, 3.63) is 71.8 Å². The molecular formula is C27H28N2O5. The van der Waals surface area contributed by atoms with Crippen LogP contribution in [0.1, 0.15) is 42.7 Å². The molecule has 3 N–H and O–H groups in total. The lowest BCUT2D eigenvalue weighted by Gasteiger charge is -2.25. The number of amides is 2. The molecule has 3 aliphatic rings. The van der Waals surface area contributed by atoms with Gasteiger partial charge in [-0.1, -0.05) is 60.7 Å². The van der Waals surface area contributed by atoms with Gasteiger partial charge in [0.05, 0.1) is 5.92 Å². The second kappa shape index (κ2) is 9.33. The van der Waals surface area contributed by atoms with Gasteiger partial charge in [-0.2, -0.15) is 0 Å². The number of carboxylic acids is 1. The third-order valence-corrected chi connectivity index (χ3v) is 7.00. The number of ether oxygens (including phenoxy) is 1. The Bertz CT molecular complexity index is 1090. The van der Waals surface area contributed by atoms with Crippen LogP contribution in [-0.2, 0) is 14.3 Å². The number of aliphatic carboxylic acids is 1. The standard InChI is InChI=1S/C27H28N2O5/c30-25(28-18-7-5-6-17(14-18)26(31)32)24(16-12-13-16)29-27(33)34-15-23-21-10-3-1-8-19(21)20-9-2-4-11-22(20)23/h1-5,7-11,16-18,23-24H,6,12-15H2,(H,28,30)(H,29,33)(H,31,32). The number of rotatable bonds is 7. The van der Waals surface area contributed by atoms with Gasteiger partial charge >= 0.3 is 12.1 Å². The number of carboxylic acid groups (broad SMARTS) is 1. The normalized spacial score (nSPS) is 21.8. The highest BCUT2D eigenvalue weighted by Crippen LogP contribution is 2.44. The highest BCUT2D eigenvalue weighted by molar-refractivity contribution is 5.87. The second-order valence-corrected chi connectivity index (χ2v) is 9.33. The van der Waals surface area contributed by atoms with Crippen LogP contribution in [0.25, 0.3) is 11.1 Å². The van der Waals surface area contributed by atoms with E-state index in [1.807, 2.05) is 30.3 Å². The predicted octanol–water partition coefficient (Wildman–Crippen LogP) is 3.84. The molecular weight excluding hydrogens is 432 g/mol. The van der Waals surface area contributed by atoms with Gasteiger partial charge in [-0.05, 0) is 53.9 Å². The summed E-state index contributed by atoms with van der Waals surface area (Å²) in [5.74, 6) is -1.64. The van der Waals surface area contributed by atoms with Crippen molar-refractivity contribution >= 4 is 18.0 Å². The van der Waals surface area contributed by atoms with Crippen molar-refractivity contribution in [2.75, 3.05) is 6.61 Å². The van der Waals surface area contributed by atoms with Crippen molar-refractivity contribution in [3.63, 3.8) is 0 Å². The van der Waals surface area contributed by atoms with Crippen molar-refractivity contribution < 1.29 is 24.2 Å². The van der Waals surface area contributed by atoms with Crippen LogP contribution >= 0.6 is 0 Å². The molecule has 5 rings (SSSR count). The summed E-state index contributed by atoms with van der Waals surface area (Å²) in [5, 5.41) is 14.9. The van der Waals surface area contributed by atoms with E-state index in [9.17, 15) is 19.5 Å². The van der Waals surface area contributed by atoms with Crippen molar-refractivity contribution in [3.8, 4) is 11.1 Å². The van der Waals surface area contributed by atoms with Gasteiger partial charge < -0.3 is 20.5 Å². The van der Waals surface area contributed by atoms with E-state index in [0.29, 0.717) is 12.8 Å². The van der Waals surface area contributed by atoms with E-state index in [1.165, 1.54) is 0 Å². The monoisotopic (exact) mass is 460 g/mol. The zero-order valence-corrected chi connectivity index (χ0v) is 18.8. The summed E-state index contributed by atoms with van der Waals surface area (Å²) in [6, 6.07) is 15.2. The maximum absolute atomic E-state index is 12.9. The van der Waals surface area contributed by atoms with Crippen LogP contribution in [0, 0.1) is 11.8 Å². The molecule has 1 fully saturated rings. The molecule has 0 heterocycles. The van der Waals surface area contributed by atoms with Crippen molar-refractivity contribution in [2.24, 2.45) is 11.8 Å². The minimum atomic E-state index is -0.862. The molecule has 0 aliphatic heterocycles. The molecule has 7 heteroatoms. The highest BCUT2D eigenvalue weighted by atomic mass is 16.5. The molecule has 34 heavy (non-hydrogen) atoms. The Hall–Kier alpha value is -3.61. The number of alkyl carbamates (subject to hydrolysis) is 1. The molecule has 0 aromatic heterocycles. The molecule has 0 spiro atoms. The van der Waals surface area contributed by atoms with E-state index < -0.39 is 24.0 Å². The third kappa shape index (κ3) is 4.55. The molecule has 0 saturated heterocycles. The summed E-state index contributed by atoms with van der Waals surface area (Å²) in [6.07, 6.45) is 5.54. The zero-order valence-electron chi connectivity index (χ0n) is 18.8. The summed E-state index contributed by atoms with van der Waals surface area (Å²) in [6.45, 7) is 0.185. The van der Waals surface area contributed by atoms with E-state index in [0.717, 1.165) is 35.1 Å². The van der Waals surface area contributed by atoms with Crippen LogP contribution < -0.4 is 10.6 Å². The fraction of sp³-hybridized carbons (Fsp3) is 0.370. The summed E-state index contributed by atoms with van der Waals surface area (Å²) in [4.78, 5) is 36.9. The van der Waals surface area contributed by atoms with Gasteiger partial charge in [0, 0.05) is 12.0 Å². The Labute approximate surface area is 198 Å². The smallest absolute Gasteiger partial charge is 0.407 e. The highest BCUT2D eigenvalue weighted by Gasteiger charge is 2.39. The number of hydrogen-bond donors (Lipinski definition) is 3. The summed E-state index contributed by atoms with van der Waals surface area (Å²) >= 11 is 0. The van der Waals surface area contributed by atoms with Crippen LogP contribution in [0.5, 0.6) is 0 Å². The van der Waals surface area contributed by atoms with Gasteiger partial charge in [-0.25, -0.2) is 4.79 Å². The van der Waals surface area contributed by atoms with E-state index in [1.54, 1.807) is 6.08 Å². The lowest BCUT2D eigenvalue weighted by molar-refractivity contribution is -0.142. The first-order chi connectivity index (χ1) is 16.5. The number of allylic oxidation sites excluding steroid dienone is 1. The molecule has 2 aromatic rings. The SMILES string of the molecule is O=C(NC(C(=O)NC1C=CCC(C(=O)O)C1)C1CC1)OCC1c2ccccc2-c2ccccc21. The second-order valence-electron chi connectivity index (χ2n) is 9.33. The van der Waals surface area contributed by atoms with Crippen molar-refractivity contribution in [1.82, 2.24) is 10.6 Å². The van der Waals surface area contributed by atoms with E-state index in [-0.39, 0.29) is 30.4 Å². The molecule has 176 valence electrons. The molecule has 3 unspecified atom stereocenters. The number of nitrogens with one attached hydrogen (secondary N) is 2. The molecule has 7 nitrogen and oxygen atoms in total. The Balaban J connectivity index is 1.21. The fourth-order valence-electron chi connectivity index (χ4n) is 5.06. The molecule has 2 aromatic carbocycles. The van der Waals surface area contributed by atoms with Gasteiger partial charge in [-0.15, -0.1) is 0 Å². The molecule has 3 aliphatic carbocycles. The average molecular weight is 461 g/mol. The van der Waals surface area contributed by atoms with E-state index >= 15 is 0 Å². The van der Waals surface area contributed by atoms with Gasteiger partial charge in [0.2, 0.25) is 5.91 Å². The van der Waals surface area contributed by atoms with Gasteiger partial charge in [0.1, 0.15) is 12.6 Å². The molecule has 0 bridgehead atoms. The minimum Gasteiger partial charge on any atom is -0.481 e. The number of benzene rings is 2. The van der Waals surface area contributed by atoms with Crippen LogP contribution in [-0.4, -0.2) is 41.8 Å². The van der Waals surface area contributed by atoms with Gasteiger partial charge in [0.15, 0.2) is 0 Å². The first kappa shape index (κ1) is 22.2. The van der Waals surface area contributed by atoms with Crippen molar-refractivity contribution in [1.29, 1.82) is 0 Å². The number of carbonyl (C=O) groups excluding carboxylic acids is 2. The quantitative estimate of drug-likeness (QED) is 0.545. The lowest BCUT2D eigenvalue weighted by Crippen LogP contribution is -2.51. The topological polar surface area (TPSA) is 105 Å². The summed E-state index contributed by atoms with van der Waals surface area (Å²) < 4.78 is 5.62. The number of carbonyl (C=O) groups is 3. The first-order valence-electron chi connectivity index (χ1n) is 11.8. The molecule has 0 radical (unpaired) electrons. The number of hydrogen-bond acceptors (Lipinski definition) is 4. The molecule has 3 atom stereocenters. The Kier molecular flexibility index (Phi) is 6.09. The third-order valence-electron chi connectivity index (χ3n) is 7.00. The fourth-order valence-corrected chi connectivity index (χ4v) is 5.06. The first-order valence-corrected chi connectivity index (χ1v) is 11.8. The summed E-state index contributed by atoms with van der Waals surface area (Å²) in [7, 11) is 0. The van der Waals surface area contributed by atoms with Crippen LogP contribution in [0.3, 0.4) is 0 Å². The maximum atomic E-state index is 12.9. The van der Waals surface area contributed by atoms with E-state index in [4.69, 9.17) is 4.74 Å². The van der Waals surface area contributed by atoms with Crippen LogP contribution in [0.15, 0.2) is 60.7 Å². The van der Waals surface area contributed by atoms with E-state index in [2.05, 4.69) is 34.9 Å². The lowest BCUT2D eigenvalue weighted by atomic mass is 9.91. The molecule has 2 amide bonds. The zero-order chi connectivity index (χ0) is 23.7.